The van der Waals surface area contributed by atoms with Crippen LogP contribution in [0.1, 0.15) is 35.2 Å². The summed E-state index contributed by atoms with van der Waals surface area (Å²) in [4.78, 5) is 11.7. The SMILES string of the molecule is COC(=O)c1cc(S(=O)(=O)N2CCC(C)c3ccccc32)ccc1O. The molecule has 132 valence electrons. The summed E-state index contributed by atoms with van der Waals surface area (Å²) >= 11 is 0. The van der Waals surface area contributed by atoms with Crippen LogP contribution in [0.2, 0.25) is 0 Å². The van der Waals surface area contributed by atoms with Crippen LogP contribution in [0.4, 0.5) is 5.69 Å². The second-order valence-corrected chi connectivity index (χ2v) is 7.86. The van der Waals surface area contributed by atoms with Crippen molar-refractivity contribution in [1.82, 2.24) is 0 Å². The first-order valence-corrected chi connectivity index (χ1v) is 9.33. The number of fused-ring (bicyclic) bond motifs is 1. The van der Waals surface area contributed by atoms with E-state index in [9.17, 15) is 18.3 Å². The summed E-state index contributed by atoms with van der Waals surface area (Å²) in [6.07, 6.45) is 0.707. The number of nitrogens with zero attached hydrogens (tertiary/aromatic N) is 1. The van der Waals surface area contributed by atoms with E-state index < -0.39 is 16.0 Å². The Labute approximate surface area is 146 Å². The van der Waals surface area contributed by atoms with E-state index in [1.165, 1.54) is 23.5 Å². The van der Waals surface area contributed by atoms with Gasteiger partial charge in [0.05, 0.1) is 17.7 Å². The van der Waals surface area contributed by atoms with Crippen molar-refractivity contribution >= 4 is 21.7 Å². The average molecular weight is 361 g/mol. The zero-order valence-electron chi connectivity index (χ0n) is 14.0. The van der Waals surface area contributed by atoms with Gasteiger partial charge in [-0.1, -0.05) is 25.1 Å². The second kappa shape index (κ2) is 6.40. The Morgan fingerprint density at radius 2 is 1.96 bits per heavy atom. The number of phenols is 1. The van der Waals surface area contributed by atoms with Crippen LogP contribution >= 0.6 is 0 Å². The van der Waals surface area contributed by atoms with Crippen molar-refractivity contribution in [2.75, 3.05) is 18.0 Å². The number of anilines is 1. The maximum atomic E-state index is 13.1. The highest BCUT2D eigenvalue weighted by Crippen LogP contribution is 2.38. The maximum absolute atomic E-state index is 13.1. The molecular formula is C18H19NO5S. The van der Waals surface area contributed by atoms with E-state index >= 15 is 0 Å². The molecule has 1 aliphatic heterocycles. The van der Waals surface area contributed by atoms with Gasteiger partial charge in [-0.05, 0) is 42.2 Å². The lowest BCUT2D eigenvalue weighted by atomic mass is 9.93. The zero-order valence-corrected chi connectivity index (χ0v) is 14.8. The van der Waals surface area contributed by atoms with Gasteiger partial charge in [0.25, 0.3) is 10.0 Å². The third-order valence-corrected chi connectivity index (χ3v) is 6.27. The quantitative estimate of drug-likeness (QED) is 0.850. The van der Waals surface area contributed by atoms with Crippen LogP contribution in [-0.2, 0) is 14.8 Å². The van der Waals surface area contributed by atoms with Crippen molar-refractivity contribution in [1.29, 1.82) is 0 Å². The molecule has 0 aliphatic carbocycles. The van der Waals surface area contributed by atoms with E-state index in [1.807, 2.05) is 12.1 Å². The van der Waals surface area contributed by atoms with E-state index in [4.69, 9.17) is 0 Å². The molecule has 1 heterocycles. The third kappa shape index (κ3) is 2.95. The predicted molar refractivity (Wildman–Crippen MR) is 93.5 cm³/mol. The molecule has 0 saturated carbocycles. The molecule has 0 saturated heterocycles. The summed E-state index contributed by atoms with van der Waals surface area (Å²) in [5.74, 6) is -0.839. The van der Waals surface area contributed by atoms with Crippen molar-refractivity contribution in [3.8, 4) is 5.75 Å². The minimum absolute atomic E-state index is 0.0601. The lowest BCUT2D eigenvalue weighted by molar-refractivity contribution is 0.0597. The number of hydrogen-bond acceptors (Lipinski definition) is 5. The lowest BCUT2D eigenvalue weighted by Crippen LogP contribution is -2.36. The highest BCUT2D eigenvalue weighted by molar-refractivity contribution is 7.92. The molecule has 0 spiro atoms. The van der Waals surface area contributed by atoms with Crippen molar-refractivity contribution < 1.29 is 23.1 Å². The number of para-hydroxylation sites is 1. The second-order valence-electron chi connectivity index (χ2n) is 6.00. The number of aromatic hydroxyl groups is 1. The number of methoxy groups -OCH3 is 1. The Bertz CT molecular complexity index is 923. The summed E-state index contributed by atoms with van der Waals surface area (Å²) in [6.45, 7) is 2.42. The smallest absolute Gasteiger partial charge is 0.341 e. The normalized spacial score (nSPS) is 17.0. The first-order valence-electron chi connectivity index (χ1n) is 7.89. The Balaban J connectivity index is 2.09. The molecule has 1 N–H and O–H groups in total. The minimum Gasteiger partial charge on any atom is -0.507 e. The molecule has 0 bridgehead atoms. The molecule has 0 fully saturated rings. The highest BCUT2D eigenvalue weighted by Gasteiger charge is 2.32. The summed E-state index contributed by atoms with van der Waals surface area (Å²) in [7, 11) is -2.69. The van der Waals surface area contributed by atoms with Gasteiger partial charge >= 0.3 is 5.97 Å². The molecule has 2 aromatic rings. The molecule has 3 rings (SSSR count). The first kappa shape index (κ1) is 17.3. The maximum Gasteiger partial charge on any atom is 0.341 e. The molecule has 25 heavy (non-hydrogen) atoms. The summed E-state index contributed by atoms with van der Waals surface area (Å²) < 4.78 is 32.2. The standard InChI is InChI=1S/C18H19NO5S/c1-12-9-10-19(16-6-4-3-5-14(12)16)25(22,23)13-7-8-17(20)15(11-13)18(21)24-2/h3-8,11-12,20H,9-10H2,1-2H3. The van der Waals surface area contributed by atoms with Crippen LogP contribution in [0.25, 0.3) is 0 Å². The number of esters is 1. The number of carbonyl (C=O) groups excluding carboxylic acids is 1. The molecule has 1 unspecified atom stereocenters. The van der Waals surface area contributed by atoms with Gasteiger partial charge in [0.1, 0.15) is 11.3 Å². The Morgan fingerprint density at radius 3 is 2.68 bits per heavy atom. The molecule has 2 aromatic carbocycles. The molecule has 0 radical (unpaired) electrons. The summed E-state index contributed by atoms with van der Waals surface area (Å²) in [5, 5.41) is 9.80. The number of ether oxygens (including phenoxy) is 1. The molecular weight excluding hydrogens is 342 g/mol. The number of rotatable bonds is 3. The van der Waals surface area contributed by atoms with Gasteiger partial charge in [0.15, 0.2) is 0 Å². The van der Waals surface area contributed by atoms with E-state index in [1.54, 1.807) is 12.1 Å². The molecule has 1 aliphatic rings. The number of phenolic OH excluding ortho intramolecular Hbond substituents is 1. The highest BCUT2D eigenvalue weighted by atomic mass is 32.2. The Hall–Kier alpha value is -2.54. The van der Waals surface area contributed by atoms with Crippen LogP contribution in [0.5, 0.6) is 5.75 Å². The van der Waals surface area contributed by atoms with Crippen molar-refractivity contribution in [2.24, 2.45) is 0 Å². The average Bonchev–Trinajstić information content (AvgIpc) is 2.61. The van der Waals surface area contributed by atoms with E-state index in [0.29, 0.717) is 18.7 Å². The molecule has 1 atom stereocenters. The topological polar surface area (TPSA) is 83.9 Å². The van der Waals surface area contributed by atoms with Crippen LogP contribution in [0, 0.1) is 0 Å². The van der Waals surface area contributed by atoms with Gasteiger partial charge in [0, 0.05) is 6.54 Å². The molecule has 6 nitrogen and oxygen atoms in total. The first-order chi connectivity index (χ1) is 11.9. The predicted octanol–water partition coefficient (Wildman–Crippen LogP) is 2.88. The van der Waals surface area contributed by atoms with Gasteiger partial charge in [-0.3, -0.25) is 4.31 Å². The van der Waals surface area contributed by atoms with Crippen molar-refractivity contribution in [3.63, 3.8) is 0 Å². The van der Waals surface area contributed by atoms with Crippen LogP contribution in [0.15, 0.2) is 47.4 Å². The van der Waals surface area contributed by atoms with Crippen LogP contribution in [0.3, 0.4) is 0 Å². The van der Waals surface area contributed by atoms with E-state index in [0.717, 1.165) is 11.6 Å². The Morgan fingerprint density at radius 1 is 1.24 bits per heavy atom. The third-order valence-electron chi connectivity index (χ3n) is 4.46. The number of sulfonamides is 1. The van der Waals surface area contributed by atoms with E-state index in [-0.39, 0.29) is 22.1 Å². The fourth-order valence-corrected chi connectivity index (χ4v) is 4.58. The Kier molecular flexibility index (Phi) is 4.43. The zero-order chi connectivity index (χ0) is 18.2. The monoisotopic (exact) mass is 361 g/mol. The van der Waals surface area contributed by atoms with E-state index in [2.05, 4.69) is 11.7 Å². The van der Waals surface area contributed by atoms with Crippen molar-refractivity contribution in [2.45, 2.75) is 24.2 Å². The fraction of sp³-hybridized carbons (Fsp3) is 0.278. The number of carbonyl (C=O) groups is 1. The molecule has 0 aromatic heterocycles. The minimum atomic E-state index is -3.87. The molecule has 0 amide bonds. The largest absolute Gasteiger partial charge is 0.507 e. The number of benzene rings is 2. The summed E-state index contributed by atoms with van der Waals surface area (Å²) in [6, 6.07) is 11.0. The summed E-state index contributed by atoms with van der Waals surface area (Å²) in [5.41, 5.74) is 1.44. The van der Waals surface area contributed by atoms with Crippen LogP contribution in [-0.4, -0.2) is 33.1 Å². The van der Waals surface area contributed by atoms with Gasteiger partial charge in [-0.2, -0.15) is 0 Å². The lowest BCUT2D eigenvalue weighted by Gasteiger charge is -2.33. The van der Waals surface area contributed by atoms with Gasteiger partial charge < -0.3 is 9.84 Å². The van der Waals surface area contributed by atoms with Crippen molar-refractivity contribution in [3.05, 3.63) is 53.6 Å². The molecule has 7 heteroatoms. The van der Waals surface area contributed by atoms with Gasteiger partial charge in [0.2, 0.25) is 0 Å². The van der Waals surface area contributed by atoms with Gasteiger partial charge in [-0.15, -0.1) is 0 Å². The fourth-order valence-electron chi connectivity index (χ4n) is 3.04. The van der Waals surface area contributed by atoms with Gasteiger partial charge in [-0.25, -0.2) is 13.2 Å². The van der Waals surface area contributed by atoms with Crippen LogP contribution < -0.4 is 4.31 Å². The number of hydrogen-bond donors (Lipinski definition) is 1.